The summed E-state index contributed by atoms with van der Waals surface area (Å²) in [5, 5.41) is -0.388. The van der Waals surface area contributed by atoms with E-state index in [-0.39, 0.29) is 11.0 Å². The maximum absolute atomic E-state index is 12.5. The Labute approximate surface area is 102 Å². The van der Waals surface area contributed by atoms with Crippen LogP contribution >= 0.6 is 0 Å². The van der Waals surface area contributed by atoms with Gasteiger partial charge in [0.25, 0.3) is 0 Å². The third kappa shape index (κ3) is 2.13. The molecule has 0 aliphatic carbocycles. The Kier molecular flexibility index (Phi) is 3.31. The minimum Gasteiger partial charge on any atom is -0.381 e. The summed E-state index contributed by atoms with van der Waals surface area (Å²) < 4.78 is 31.5. The second kappa shape index (κ2) is 4.33. The first-order valence-electron chi connectivity index (χ1n) is 5.99. The average molecular weight is 261 g/mol. The summed E-state index contributed by atoms with van der Waals surface area (Å²) in [5.74, 6) is 0.00753. The number of hydrogen-bond donors (Lipinski definition) is 0. The highest BCUT2D eigenvalue weighted by molar-refractivity contribution is 7.89. The molecule has 2 heterocycles. The lowest BCUT2D eigenvalue weighted by Crippen LogP contribution is -2.50. The van der Waals surface area contributed by atoms with Gasteiger partial charge < -0.3 is 4.74 Å². The van der Waals surface area contributed by atoms with Crippen LogP contribution in [0.1, 0.15) is 33.1 Å². The fourth-order valence-corrected chi connectivity index (χ4v) is 4.76. The van der Waals surface area contributed by atoms with Gasteiger partial charge >= 0.3 is 0 Å². The molecule has 0 saturated carbocycles. The van der Waals surface area contributed by atoms with E-state index < -0.39 is 15.6 Å². The van der Waals surface area contributed by atoms with Gasteiger partial charge in [-0.1, -0.05) is 0 Å². The molecular weight excluding hydrogens is 242 g/mol. The van der Waals surface area contributed by atoms with Crippen LogP contribution in [0, 0.1) is 0 Å². The largest absolute Gasteiger partial charge is 0.381 e. The fourth-order valence-electron chi connectivity index (χ4n) is 2.53. The van der Waals surface area contributed by atoms with E-state index in [0.29, 0.717) is 39.0 Å². The molecule has 2 rings (SSSR count). The molecule has 2 aliphatic rings. The molecule has 0 N–H and O–H groups in total. The van der Waals surface area contributed by atoms with Crippen LogP contribution in [-0.4, -0.2) is 49.1 Å². The Bertz CT molecular complexity index is 409. The zero-order chi connectivity index (χ0) is 12.7. The van der Waals surface area contributed by atoms with Crippen molar-refractivity contribution in [1.29, 1.82) is 0 Å². The Morgan fingerprint density at radius 2 is 1.88 bits per heavy atom. The second-order valence-corrected chi connectivity index (χ2v) is 7.30. The van der Waals surface area contributed by atoms with Crippen molar-refractivity contribution in [3.8, 4) is 0 Å². The van der Waals surface area contributed by atoms with Gasteiger partial charge in [0.1, 0.15) is 0 Å². The molecule has 2 aliphatic heterocycles. The van der Waals surface area contributed by atoms with E-state index in [2.05, 4.69) is 0 Å². The number of nitrogens with zero attached hydrogens (tertiary/aromatic N) is 1. The predicted octanol–water partition coefficient (Wildman–Crippen LogP) is 0.549. The van der Waals surface area contributed by atoms with E-state index in [4.69, 9.17) is 4.74 Å². The lowest BCUT2D eigenvalue weighted by Gasteiger charge is -2.33. The quantitative estimate of drug-likeness (QED) is 0.728. The van der Waals surface area contributed by atoms with Crippen LogP contribution in [0.2, 0.25) is 0 Å². The molecule has 6 heteroatoms. The van der Waals surface area contributed by atoms with Crippen molar-refractivity contribution in [2.24, 2.45) is 0 Å². The van der Waals surface area contributed by atoms with Crippen LogP contribution in [-0.2, 0) is 19.6 Å². The molecule has 0 aromatic rings. The Balaban J connectivity index is 2.24. The van der Waals surface area contributed by atoms with Crippen LogP contribution in [0.3, 0.4) is 0 Å². The van der Waals surface area contributed by atoms with Crippen molar-refractivity contribution < 1.29 is 17.9 Å². The van der Waals surface area contributed by atoms with E-state index in [9.17, 15) is 13.2 Å². The van der Waals surface area contributed by atoms with Crippen molar-refractivity contribution >= 4 is 15.8 Å². The molecule has 2 fully saturated rings. The van der Waals surface area contributed by atoms with Crippen molar-refractivity contribution in [3.63, 3.8) is 0 Å². The number of ketones is 1. The van der Waals surface area contributed by atoms with Gasteiger partial charge in [-0.05, 0) is 26.7 Å². The molecule has 98 valence electrons. The van der Waals surface area contributed by atoms with Gasteiger partial charge in [-0.15, -0.1) is 0 Å². The minimum absolute atomic E-state index is 0.00753. The molecule has 0 radical (unpaired) electrons. The second-order valence-electron chi connectivity index (χ2n) is 5.16. The van der Waals surface area contributed by atoms with E-state index >= 15 is 0 Å². The summed E-state index contributed by atoms with van der Waals surface area (Å²) in [7, 11) is -3.37. The highest BCUT2D eigenvalue weighted by Gasteiger charge is 2.48. The standard InChI is InChI=1S/C11H19NO4S/c1-11(2)10(13)3-6-12(11)17(14,15)9-4-7-16-8-5-9/h9H,3-8H2,1-2H3. The lowest BCUT2D eigenvalue weighted by atomic mass is 10.0. The predicted molar refractivity (Wildman–Crippen MR) is 63.2 cm³/mol. The number of ether oxygens (including phenoxy) is 1. The molecule has 2 saturated heterocycles. The maximum Gasteiger partial charge on any atom is 0.218 e. The molecule has 0 spiro atoms. The van der Waals surface area contributed by atoms with Gasteiger partial charge in [0.15, 0.2) is 5.78 Å². The third-order valence-corrected chi connectivity index (χ3v) is 6.31. The van der Waals surface area contributed by atoms with Crippen LogP contribution < -0.4 is 0 Å². The number of sulfonamides is 1. The van der Waals surface area contributed by atoms with Gasteiger partial charge in [-0.2, -0.15) is 4.31 Å². The van der Waals surface area contributed by atoms with E-state index in [1.807, 2.05) is 0 Å². The first kappa shape index (κ1) is 13.0. The highest BCUT2D eigenvalue weighted by Crippen LogP contribution is 2.32. The zero-order valence-electron chi connectivity index (χ0n) is 10.3. The Morgan fingerprint density at radius 1 is 1.29 bits per heavy atom. The lowest BCUT2D eigenvalue weighted by molar-refractivity contribution is -0.122. The van der Waals surface area contributed by atoms with Crippen molar-refractivity contribution in [2.45, 2.75) is 43.9 Å². The number of carbonyl (C=O) groups is 1. The first-order chi connectivity index (χ1) is 7.87. The third-order valence-electron chi connectivity index (χ3n) is 3.74. The molecule has 0 atom stereocenters. The van der Waals surface area contributed by atoms with Crippen LogP contribution in [0.15, 0.2) is 0 Å². The van der Waals surface area contributed by atoms with Crippen molar-refractivity contribution in [1.82, 2.24) is 4.31 Å². The molecule has 5 nitrogen and oxygen atoms in total. The molecule has 0 bridgehead atoms. The molecular formula is C11H19NO4S. The van der Waals surface area contributed by atoms with Crippen LogP contribution in [0.25, 0.3) is 0 Å². The van der Waals surface area contributed by atoms with E-state index in [0.717, 1.165) is 0 Å². The SMILES string of the molecule is CC1(C)C(=O)CCN1S(=O)(=O)C1CCOCC1. The number of hydrogen-bond acceptors (Lipinski definition) is 4. The van der Waals surface area contributed by atoms with E-state index in [1.54, 1.807) is 13.8 Å². The topological polar surface area (TPSA) is 63.7 Å². The number of rotatable bonds is 2. The Hall–Kier alpha value is -0.460. The van der Waals surface area contributed by atoms with Crippen molar-refractivity contribution in [2.75, 3.05) is 19.8 Å². The summed E-state index contributed by atoms with van der Waals surface area (Å²) in [6.07, 6.45) is 1.39. The first-order valence-corrected chi connectivity index (χ1v) is 7.50. The Morgan fingerprint density at radius 3 is 2.35 bits per heavy atom. The maximum atomic E-state index is 12.5. The normalized spacial score (nSPS) is 27.5. The smallest absolute Gasteiger partial charge is 0.218 e. The van der Waals surface area contributed by atoms with Gasteiger partial charge in [-0.25, -0.2) is 8.42 Å². The zero-order valence-corrected chi connectivity index (χ0v) is 11.1. The van der Waals surface area contributed by atoms with Gasteiger partial charge in [0.2, 0.25) is 10.0 Å². The fraction of sp³-hybridized carbons (Fsp3) is 0.909. The minimum atomic E-state index is -3.37. The summed E-state index contributed by atoms with van der Waals surface area (Å²) in [5.41, 5.74) is -0.878. The van der Waals surface area contributed by atoms with E-state index in [1.165, 1.54) is 4.31 Å². The number of Topliss-reactive ketones (excluding diaryl/α,β-unsaturated/α-hetero) is 1. The van der Waals surface area contributed by atoms with Gasteiger partial charge in [0, 0.05) is 26.2 Å². The summed E-state index contributed by atoms with van der Waals surface area (Å²) >= 11 is 0. The molecule has 0 aromatic heterocycles. The van der Waals surface area contributed by atoms with Gasteiger partial charge in [0.05, 0.1) is 10.8 Å². The summed E-state index contributed by atoms with van der Waals surface area (Å²) in [4.78, 5) is 11.7. The molecule has 0 amide bonds. The van der Waals surface area contributed by atoms with Gasteiger partial charge in [-0.3, -0.25) is 4.79 Å². The van der Waals surface area contributed by atoms with Crippen molar-refractivity contribution in [3.05, 3.63) is 0 Å². The summed E-state index contributed by atoms with van der Waals surface area (Å²) in [6, 6.07) is 0. The highest BCUT2D eigenvalue weighted by atomic mass is 32.2. The monoisotopic (exact) mass is 261 g/mol. The average Bonchev–Trinajstić information content (AvgIpc) is 2.55. The molecule has 0 unspecified atom stereocenters. The van der Waals surface area contributed by atoms with Crippen LogP contribution in [0.5, 0.6) is 0 Å². The number of carbonyl (C=O) groups excluding carboxylic acids is 1. The molecule has 0 aromatic carbocycles. The summed E-state index contributed by atoms with van der Waals surface area (Å²) in [6.45, 7) is 4.70. The van der Waals surface area contributed by atoms with Crippen LogP contribution in [0.4, 0.5) is 0 Å². The molecule has 17 heavy (non-hydrogen) atoms.